The minimum absolute atomic E-state index is 0.0827. The highest BCUT2D eigenvalue weighted by molar-refractivity contribution is 5.99. The minimum Gasteiger partial charge on any atom is -0.493 e. The zero-order valence-electron chi connectivity index (χ0n) is 23.3. The second kappa shape index (κ2) is 13.4. The fourth-order valence-corrected chi connectivity index (χ4v) is 3.95. The number of ether oxygens (including phenoxy) is 2. The number of allylic oxidation sites excluding steroid dienone is 1. The molecule has 0 bridgehead atoms. The van der Waals surface area contributed by atoms with Crippen LogP contribution in [-0.2, 0) is 9.59 Å². The van der Waals surface area contributed by atoms with E-state index < -0.39 is 23.8 Å². The number of carbonyl (C=O) groups excluding carboxylic acids is 3. The molecule has 1 atom stereocenters. The molecule has 0 spiro atoms. The Labute approximate surface area is 229 Å². The Morgan fingerprint density at radius 1 is 0.923 bits per heavy atom. The van der Waals surface area contributed by atoms with E-state index in [1.165, 1.54) is 19.4 Å². The number of hydrogen-bond acceptors (Lipinski definition) is 6. The largest absolute Gasteiger partial charge is 0.493 e. The smallest absolute Gasteiger partial charge is 0.311 e. The summed E-state index contributed by atoms with van der Waals surface area (Å²) >= 11 is 0. The van der Waals surface area contributed by atoms with Gasteiger partial charge < -0.3 is 20.1 Å². The summed E-state index contributed by atoms with van der Waals surface area (Å²) in [4.78, 5) is 42.5. The highest BCUT2D eigenvalue weighted by Crippen LogP contribution is 2.30. The van der Waals surface area contributed by atoms with E-state index in [4.69, 9.17) is 9.47 Å². The molecule has 0 unspecified atom stereocenters. The van der Waals surface area contributed by atoms with Gasteiger partial charge >= 0.3 is 5.97 Å². The maximum atomic E-state index is 13.2. The molecule has 0 aliphatic carbocycles. The Morgan fingerprint density at radius 3 is 2.00 bits per heavy atom. The summed E-state index contributed by atoms with van der Waals surface area (Å²) in [6.07, 6.45) is 2.13. The van der Waals surface area contributed by atoms with E-state index in [0.29, 0.717) is 12.1 Å². The van der Waals surface area contributed by atoms with Gasteiger partial charge in [0.15, 0.2) is 11.4 Å². The number of hydrogen-bond donors (Lipinski definition) is 2. The molecule has 0 fully saturated rings. The maximum Gasteiger partial charge on any atom is 0.311 e. The molecule has 8 heteroatoms. The second-order valence-electron chi connectivity index (χ2n) is 9.33. The molecule has 204 valence electrons. The van der Waals surface area contributed by atoms with Gasteiger partial charge in [-0.25, -0.2) is 4.98 Å². The van der Waals surface area contributed by atoms with Crippen molar-refractivity contribution in [1.29, 1.82) is 0 Å². The van der Waals surface area contributed by atoms with Crippen molar-refractivity contribution in [3.05, 3.63) is 94.4 Å². The summed E-state index contributed by atoms with van der Waals surface area (Å²) < 4.78 is 10.6. The Bertz CT molecular complexity index is 1310. The molecule has 3 aromatic rings. The number of rotatable bonds is 10. The molecule has 1 aromatic heterocycles. The van der Waals surface area contributed by atoms with Gasteiger partial charge in [-0.1, -0.05) is 66.6 Å². The van der Waals surface area contributed by atoms with E-state index in [-0.39, 0.29) is 23.6 Å². The van der Waals surface area contributed by atoms with Crippen molar-refractivity contribution in [1.82, 2.24) is 15.6 Å². The zero-order valence-corrected chi connectivity index (χ0v) is 23.3. The summed E-state index contributed by atoms with van der Waals surface area (Å²) in [5, 5.41) is 5.59. The number of carbonyl (C=O) groups is 3. The van der Waals surface area contributed by atoms with Gasteiger partial charge in [0.05, 0.1) is 7.11 Å². The third kappa shape index (κ3) is 7.54. The van der Waals surface area contributed by atoms with Crippen molar-refractivity contribution in [2.45, 2.75) is 53.5 Å². The molecule has 1 heterocycles. The number of nitrogens with one attached hydrogen (secondary N) is 2. The van der Waals surface area contributed by atoms with Gasteiger partial charge in [-0.2, -0.15) is 0 Å². The molecule has 3 rings (SSSR count). The van der Waals surface area contributed by atoms with Gasteiger partial charge in [0, 0.05) is 30.0 Å². The molecule has 39 heavy (non-hydrogen) atoms. The van der Waals surface area contributed by atoms with Gasteiger partial charge in [0.1, 0.15) is 6.04 Å². The van der Waals surface area contributed by atoms with Crippen molar-refractivity contribution >= 4 is 23.4 Å². The lowest BCUT2D eigenvalue weighted by Gasteiger charge is -2.19. The third-order valence-electron chi connectivity index (χ3n) is 6.08. The van der Waals surface area contributed by atoms with Crippen LogP contribution in [0.25, 0.3) is 5.57 Å². The van der Waals surface area contributed by atoms with E-state index in [9.17, 15) is 14.4 Å². The maximum absolute atomic E-state index is 13.2. The summed E-state index contributed by atoms with van der Waals surface area (Å²) in [6, 6.07) is 16.7. The number of aromatic nitrogens is 1. The predicted octanol–water partition coefficient (Wildman–Crippen LogP) is 5.13. The lowest BCUT2D eigenvalue weighted by molar-refractivity contribution is -0.134. The van der Waals surface area contributed by atoms with Crippen LogP contribution < -0.4 is 20.1 Å². The van der Waals surface area contributed by atoms with Gasteiger partial charge in [-0.3, -0.25) is 14.4 Å². The molecule has 8 nitrogen and oxygen atoms in total. The zero-order chi connectivity index (χ0) is 28.5. The van der Waals surface area contributed by atoms with Crippen molar-refractivity contribution in [3.8, 4) is 11.5 Å². The van der Waals surface area contributed by atoms with Crippen LogP contribution in [0.4, 0.5) is 0 Å². The molecule has 0 aliphatic heterocycles. The van der Waals surface area contributed by atoms with Crippen LogP contribution in [-0.4, -0.2) is 35.9 Å². The SMILES string of the molecule is CCCC(=O)Oc1c(OC)ccnc1C(=O)N[C@@H](C)C(=O)NC(C)=C(c1ccc(C)cc1)c1ccc(C)cc1. The van der Waals surface area contributed by atoms with Gasteiger partial charge in [-0.05, 0) is 45.2 Å². The topological polar surface area (TPSA) is 107 Å². The average Bonchev–Trinajstić information content (AvgIpc) is 2.91. The van der Waals surface area contributed by atoms with Gasteiger partial charge in [0.2, 0.25) is 11.7 Å². The molecule has 0 radical (unpaired) electrons. The molecule has 2 N–H and O–H groups in total. The van der Waals surface area contributed by atoms with E-state index in [1.807, 2.05) is 76.2 Å². The average molecular weight is 530 g/mol. The quantitative estimate of drug-likeness (QED) is 0.353. The summed E-state index contributed by atoms with van der Waals surface area (Å²) in [6.45, 7) is 9.28. The van der Waals surface area contributed by atoms with E-state index >= 15 is 0 Å². The Balaban J connectivity index is 1.85. The predicted molar refractivity (Wildman–Crippen MR) is 150 cm³/mol. The molecular formula is C31H35N3O5. The Hall–Kier alpha value is -4.46. The Morgan fingerprint density at radius 2 is 1.49 bits per heavy atom. The Kier molecular flexibility index (Phi) is 9.98. The van der Waals surface area contributed by atoms with E-state index in [1.54, 1.807) is 6.92 Å². The number of aryl methyl sites for hydroxylation is 2. The van der Waals surface area contributed by atoms with Crippen molar-refractivity contribution < 1.29 is 23.9 Å². The first-order chi connectivity index (χ1) is 18.6. The van der Waals surface area contributed by atoms with Gasteiger partial charge in [-0.15, -0.1) is 0 Å². The van der Waals surface area contributed by atoms with Gasteiger partial charge in [0.25, 0.3) is 5.91 Å². The van der Waals surface area contributed by atoms with Crippen LogP contribution >= 0.6 is 0 Å². The van der Waals surface area contributed by atoms with Crippen LogP contribution in [0, 0.1) is 13.8 Å². The number of nitrogens with zero attached hydrogens (tertiary/aromatic N) is 1. The first kappa shape index (κ1) is 29.1. The summed E-state index contributed by atoms with van der Waals surface area (Å²) in [5.74, 6) is -1.49. The van der Waals surface area contributed by atoms with Crippen molar-refractivity contribution in [3.63, 3.8) is 0 Å². The van der Waals surface area contributed by atoms with Crippen LogP contribution in [0.2, 0.25) is 0 Å². The summed E-state index contributed by atoms with van der Waals surface area (Å²) in [7, 11) is 1.40. The summed E-state index contributed by atoms with van der Waals surface area (Å²) in [5.41, 5.74) is 5.54. The van der Waals surface area contributed by atoms with Crippen molar-refractivity contribution in [2.24, 2.45) is 0 Å². The number of pyridine rings is 1. The first-order valence-corrected chi connectivity index (χ1v) is 12.8. The third-order valence-corrected chi connectivity index (χ3v) is 6.08. The highest BCUT2D eigenvalue weighted by Gasteiger charge is 2.25. The normalized spacial score (nSPS) is 11.2. The molecule has 0 saturated heterocycles. The minimum atomic E-state index is -0.920. The lowest BCUT2D eigenvalue weighted by Crippen LogP contribution is -2.44. The van der Waals surface area contributed by atoms with Crippen LogP contribution in [0.5, 0.6) is 11.5 Å². The molecule has 0 saturated carbocycles. The fourth-order valence-electron chi connectivity index (χ4n) is 3.95. The molecule has 0 aliphatic rings. The van der Waals surface area contributed by atoms with Crippen LogP contribution in [0.1, 0.15) is 66.4 Å². The standard InChI is InChI=1S/C31H35N3O5/c1-7-8-26(35)39-29-25(38-6)17-18-32-28(29)31(37)34-22(5)30(36)33-21(4)27(23-13-9-19(2)10-14-23)24-15-11-20(3)12-16-24/h9-18,22H,7-8H2,1-6H3,(H,33,36)(H,34,37)/t22-/m0/s1. The number of esters is 1. The molecular weight excluding hydrogens is 494 g/mol. The highest BCUT2D eigenvalue weighted by atomic mass is 16.6. The van der Waals surface area contributed by atoms with Crippen molar-refractivity contribution in [2.75, 3.05) is 7.11 Å². The lowest BCUT2D eigenvalue weighted by atomic mass is 9.94. The second-order valence-corrected chi connectivity index (χ2v) is 9.33. The fraction of sp³-hybridized carbons (Fsp3) is 0.290. The number of amides is 2. The number of benzene rings is 2. The number of methoxy groups -OCH3 is 1. The molecule has 2 amide bonds. The first-order valence-electron chi connectivity index (χ1n) is 12.8. The van der Waals surface area contributed by atoms with Crippen LogP contribution in [0.3, 0.4) is 0 Å². The van der Waals surface area contributed by atoms with E-state index in [2.05, 4.69) is 15.6 Å². The monoisotopic (exact) mass is 529 g/mol. The molecule has 2 aromatic carbocycles. The van der Waals surface area contributed by atoms with E-state index in [0.717, 1.165) is 27.8 Å². The van der Waals surface area contributed by atoms with Crippen LogP contribution in [0.15, 0.2) is 66.5 Å².